The molecule has 0 aliphatic rings. The fourth-order valence-corrected chi connectivity index (χ4v) is 4.32. The van der Waals surface area contributed by atoms with Gasteiger partial charge in [-0.3, -0.25) is 4.79 Å². The molecule has 0 aliphatic carbocycles. The van der Waals surface area contributed by atoms with Crippen LogP contribution in [0.15, 0.2) is 57.8 Å². The summed E-state index contributed by atoms with van der Waals surface area (Å²) < 4.78 is 26.4. The average molecular weight is 382 g/mol. The molecular weight excluding hydrogens is 370 g/mol. The lowest BCUT2D eigenvalue weighted by atomic mass is 10.3. The van der Waals surface area contributed by atoms with Crippen LogP contribution in [0.2, 0.25) is 0 Å². The van der Waals surface area contributed by atoms with Crippen molar-refractivity contribution < 1.29 is 13.6 Å². The molecule has 0 bridgehead atoms. The molecule has 1 amide bonds. The molecule has 0 aliphatic heterocycles. The van der Waals surface area contributed by atoms with E-state index in [9.17, 15) is 13.6 Å². The van der Waals surface area contributed by atoms with Crippen LogP contribution in [0.1, 0.15) is 0 Å². The fourth-order valence-electron chi connectivity index (χ4n) is 1.96. The Labute approximate surface area is 149 Å². The van der Waals surface area contributed by atoms with Crippen molar-refractivity contribution in [3.8, 4) is 0 Å². The molecule has 0 spiro atoms. The second-order valence-corrected chi connectivity index (χ2v) is 8.00. The summed E-state index contributed by atoms with van der Waals surface area (Å²) in [6.07, 6.45) is 0. The minimum atomic E-state index is -2.45. The number of para-hydroxylation sites is 1. The van der Waals surface area contributed by atoms with Crippen molar-refractivity contribution in [2.24, 2.45) is 0 Å². The van der Waals surface area contributed by atoms with Gasteiger partial charge in [0.05, 0.1) is 16.0 Å². The summed E-state index contributed by atoms with van der Waals surface area (Å²) >= 11 is 3.41. The molecule has 1 N–H and O–H groups in total. The largest absolute Gasteiger partial charge is 0.325 e. The molecule has 0 saturated heterocycles. The SMILES string of the molecule is O=C(CSc1nc2ccccc2s1)Nc1ccc(SC(F)F)cc1. The number of hydrogen-bond donors (Lipinski definition) is 1. The van der Waals surface area contributed by atoms with E-state index in [4.69, 9.17) is 0 Å². The Kier molecular flexibility index (Phi) is 5.70. The van der Waals surface area contributed by atoms with Gasteiger partial charge in [0.1, 0.15) is 0 Å². The van der Waals surface area contributed by atoms with Gasteiger partial charge >= 0.3 is 0 Å². The Bertz CT molecular complexity index is 804. The number of amides is 1. The molecular formula is C16H12F2N2OS3. The fraction of sp³-hybridized carbons (Fsp3) is 0.125. The number of rotatable bonds is 6. The first-order valence-electron chi connectivity index (χ1n) is 6.93. The summed E-state index contributed by atoms with van der Waals surface area (Å²) in [5.74, 6) is -2.36. The number of carbonyl (C=O) groups excluding carboxylic acids is 1. The number of carbonyl (C=O) groups is 1. The van der Waals surface area contributed by atoms with Crippen molar-refractivity contribution in [2.45, 2.75) is 15.0 Å². The molecule has 3 rings (SSSR count). The van der Waals surface area contributed by atoms with Crippen molar-refractivity contribution in [3.05, 3.63) is 48.5 Å². The zero-order chi connectivity index (χ0) is 16.9. The minimum Gasteiger partial charge on any atom is -0.325 e. The predicted molar refractivity (Wildman–Crippen MR) is 97.3 cm³/mol. The smallest absolute Gasteiger partial charge is 0.288 e. The molecule has 24 heavy (non-hydrogen) atoms. The van der Waals surface area contributed by atoms with Crippen molar-refractivity contribution in [3.63, 3.8) is 0 Å². The van der Waals surface area contributed by atoms with Gasteiger partial charge in [0, 0.05) is 10.6 Å². The monoisotopic (exact) mass is 382 g/mol. The minimum absolute atomic E-state index is 0.159. The molecule has 3 aromatic rings. The van der Waals surface area contributed by atoms with E-state index < -0.39 is 5.76 Å². The summed E-state index contributed by atoms with van der Waals surface area (Å²) in [5.41, 5.74) is 1.51. The first-order valence-corrected chi connectivity index (χ1v) is 9.61. The number of thiazole rings is 1. The first kappa shape index (κ1) is 17.2. The van der Waals surface area contributed by atoms with E-state index in [-0.39, 0.29) is 11.7 Å². The lowest BCUT2D eigenvalue weighted by molar-refractivity contribution is -0.113. The third-order valence-corrected chi connectivity index (χ3v) is 5.87. The molecule has 2 aromatic carbocycles. The molecule has 0 unspecified atom stereocenters. The summed E-state index contributed by atoms with van der Waals surface area (Å²) in [4.78, 5) is 16.9. The van der Waals surface area contributed by atoms with E-state index in [1.807, 2.05) is 24.3 Å². The van der Waals surface area contributed by atoms with E-state index in [2.05, 4.69) is 10.3 Å². The van der Waals surface area contributed by atoms with E-state index in [1.54, 1.807) is 35.6 Å². The lowest BCUT2D eigenvalue weighted by Crippen LogP contribution is -2.13. The second-order valence-electron chi connectivity index (χ2n) is 4.69. The van der Waals surface area contributed by atoms with Crippen molar-refractivity contribution in [1.82, 2.24) is 4.98 Å². The van der Waals surface area contributed by atoms with Crippen LogP contribution in [0.5, 0.6) is 0 Å². The van der Waals surface area contributed by atoms with Gasteiger partial charge in [0.15, 0.2) is 4.34 Å². The Balaban J connectivity index is 1.53. The van der Waals surface area contributed by atoms with E-state index in [0.29, 0.717) is 22.3 Å². The molecule has 8 heteroatoms. The molecule has 1 aromatic heterocycles. The van der Waals surface area contributed by atoms with Crippen LogP contribution in [0.4, 0.5) is 14.5 Å². The molecule has 0 atom stereocenters. The van der Waals surface area contributed by atoms with Crippen LogP contribution in [0.3, 0.4) is 0 Å². The van der Waals surface area contributed by atoms with Crippen molar-refractivity contribution in [2.75, 3.05) is 11.1 Å². The predicted octanol–water partition coefficient (Wildman–Crippen LogP) is 5.34. The molecule has 0 radical (unpaired) electrons. The van der Waals surface area contributed by atoms with Crippen molar-refractivity contribution >= 4 is 56.7 Å². The quantitative estimate of drug-likeness (QED) is 0.584. The number of anilines is 1. The Morgan fingerprint density at radius 2 is 1.92 bits per heavy atom. The zero-order valence-corrected chi connectivity index (χ0v) is 14.7. The highest BCUT2D eigenvalue weighted by Crippen LogP contribution is 2.29. The van der Waals surface area contributed by atoms with Crippen LogP contribution in [0, 0.1) is 0 Å². The molecule has 0 saturated carbocycles. The molecule has 1 heterocycles. The zero-order valence-electron chi connectivity index (χ0n) is 12.2. The van der Waals surface area contributed by atoms with Gasteiger partial charge in [-0.2, -0.15) is 8.78 Å². The van der Waals surface area contributed by atoms with Crippen LogP contribution >= 0.6 is 34.9 Å². The Hall–Kier alpha value is -1.64. The number of halogens is 2. The van der Waals surface area contributed by atoms with Crippen LogP contribution in [0.25, 0.3) is 10.2 Å². The highest BCUT2D eigenvalue weighted by atomic mass is 32.2. The van der Waals surface area contributed by atoms with Crippen molar-refractivity contribution in [1.29, 1.82) is 0 Å². The third-order valence-electron chi connectivity index (χ3n) is 2.96. The number of alkyl halides is 2. The molecule has 0 fully saturated rings. The summed E-state index contributed by atoms with van der Waals surface area (Å²) in [7, 11) is 0. The number of nitrogens with one attached hydrogen (secondary N) is 1. The number of aromatic nitrogens is 1. The van der Waals surface area contributed by atoms with Gasteiger partial charge in [-0.15, -0.1) is 11.3 Å². The summed E-state index contributed by atoms with van der Waals surface area (Å²) in [6.45, 7) is 0. The Morgan fingerprint density at radius 3 is 2.62 bits per heavy atom. The molecule has 3 nitrogen and oxygen atoms in total. The van der Waals surface area contributed by atoms with Gasteiger partial charge in [0.2, 0.25) is 5.91 Å². The van der Waals surface area contributed by atoms with Gasteiger partial charge in [-0.05, 0) is 36.4 Å². The van der Waals surface area contributed by atoms with Gasteiger partial charge in [-0.25, -0.2) is 4.98 Å². The van der Waals surface area contributed by atoms with Gasteiger partial charge in [-0.1, -0.05) is 35.7 Å². The van der Waals surface area contributed by atoms with E-state index >= 15 is 0 Å². The number of fused-ring (bicyclic) bond motifs is 1. The maximum atomic E-state index is 12.3. The van der Waals surface area contributed by atoms with Crippen LogP contribution in [-0.4, -0.2) is 22.4 Å². The summed E-state index contributed by atoms with van der Waals surface area (Å²) in [6, 6.07) is 14.2. The van der Waals surface area contributed by atoms with Gasteiger partial charge in [0.25, 0.3) is 5.76 Å². The number of benzene rings is 2. The van der Waals surface area contributed by atoms with E-state index in [1.165, 1.54) is 11.8 Å². The van der Waals surface area contributed by atoms with Crippen LogP contribution in [-0.2, 0) is 4.79 Å². The number of hydrogen-bond acceptors (Lipinski definition) is 5. The second kappa shape index (κ2) is 7.96. The lowest BCUT2D eigenvalue weighted by Gasteiger charge is -2.05. The first-order chi connectivity index (χ1) is 11.6. The Morgan fingerprint density at radius 1 is 1.17 bits per heavy atom. The highest BCUT2D eigenvalue weighted by Gasteiger charge is 2.09. The van der Waals surface area contributed by atoms with Crippen LogP contribution < -0.4 is 5.32 Å². The normalized spacial score (nSPS) is 11.1. The third kappa shape index (κ3) is 4.68. The van der Waals surface area contributed by atoms with Gasteiger partial charge < -0.3 is 5.32 Å². The number of nitrogens with zero attached hydrogens (tertiary/aromatic N) is 1. The topological polar surface area (TPSA) is 42.0 Å². The average Bonchev–Trinajstić information content (AvgIpc) is 2.97. The highest BCUT2D eigenvalue weighted by molar-refractivity contribution is 8.01. The maximum absolute atomic E-state index is 12.3. The number of thioether (sulfide) groups is 2. The molecule has 124 valence electrons. The van der Waals surface area contributed by atoms with E-state index in [0.717, 1.165) is 14.6 Å². The standard InChI is InChI=1S/C16H12F2N2OS3/c17-15(18)23-11-7-5-10(6-8-11)19-14(21)9-22-16-20-12-3-1-2-4-13(12)24-16/h1-8,15H,9H2,(H,19,21). The summed E-state index contributed by atoms with van der Waals surface area (Å²) in [5, 5.41) is 2.75. The maximum Gasteiger partial charge on any atom is 0.288 e.